The lowest BCUT2D eigenvalue weighted by atomic mass is 10.0. The van der Waals surface area contributed by atoms with Crippen LogP contribution >= 0.6 is 0 Å². The monoisotopic (exact) mass is 382 g/mol. The molecule has 2 amide bonds. The summed E-state index contributed by atoms with van der Waals surface area (Å²) in [6, 6.07) is 13.6. The molecule has 0 unspecified atom stereocenters. The average Bonchev–Trinajstić information content (AvgIpc) is 2.65. The number of amides is 2. The standard InChI is InChI=1S/C23H30N2O3/c1-16(2)20-12-6-17(3)14-21(20)28-15-22(26)24-19-10-7-18(8-11-19)9-13-23(27)25(4)5/h6-8,10-12,14,16H,9,13,15H2,1-5H3,(H,24,26). The Hall–Kier alpha value is -2.82. The van der Waals surface area contributed by atoms with Crippen LogP contribution in [0.1, 0.15) is 42.9 Å². The molecule has 1 N–H and O–H groups in total. The smallest absolute Gasteiger partial charge is 0.262 e. The molecular weight excluding hydrogens is 352 g/mol. The highest BCUT2D eigenvalue weighted by Crippen LogP contribution is 2.27. The van der Waals surface area contributed by atoms with Crippen LogP contribution in [-0.2, 0) is 16.0 Å². The minimum atomic E-state index is -0.202. The van der Waals surface area contributed by atoms with Crippen molar-refractivity contribution in [2.45, 2.75) is 39.5 Å². The summed E-state index contributed by atoms with van der Waals surface area (Å²) in [5.74, 6) is 0.981. The molecule has 0 heterocycles. The van der Waals surface area contributed by atoms with E-state index in [1.807, 2.05) is 43.3 Å². The summed E-state index contributed by atoms with van der Waals surface area (Å²) >= 11 is 0. The van der Waals surface area contributed by atoms with Gasteiger partial charge >= 0.3 is 0 Å². The van der Waals surface area contributed by atoms with Crippen LogP contribution in [0.5, 0.6) is 5.75 Å². The Balaban J connectivity index is 1.88. The van der Waals surface area contributed by atoms with Crippen molar-refractivity contribution in [3.8, 4) is 5.75 Å². The van der Waals surface area contributed by atoms with E-state index in [0.717, 1.165) is 22.4 Å². The maximum atomic E-state index is 12.2. The highest BCUT2D eigenvalue weighted by atomic mass is 16.5. The van der Waals surface area contributed by atoms with Crippen molar-refractivity contribution in [3.63, 3.8) is 0 Å². The topological polar surface area (TPSA) is 58.6 Å². The lowest BCUT2D eigenvalue weighted by Crippen LogP contribution is -2.22. The van der Waals surface area contributed by atoms with Crippen LogP contribution in [0.2, 0.25) is 0 Å². The molecule has 150 valence electrons. The summed E-state index contributed by atoms with van der Waals surface area (Å²) in [4.78, 5) is 25.5. The van der Waals surface area contributed by atoms with Crippen LogP contribution in [0.4, 0.5) is 5.69 Å². The van der Waals surface area contributed by atoms with Crippen molar-refractivity contribution >= 4 is 17.5 Å². The van der Waals surface area contributed by atoms with E-state index in [2.05, 4.69) is 25.2 Å². The quantitative estimate of drug-likeness (QED) is 0.746. The lowest BCUT2D eigenvalue weighted by Gasteiger charge is -2.15. The van der Waals surface area contributed by atoms with Gasteiger partial charge in [-0.25, -0.2) is 0 Å². The van der Waals surface area contributed by atoms with Gasteiger partial charge in [-0.3, -0.25) is 9.59 Å². The second-order valence-electron chi connectivity index (χ2n) is 7.52. The zero-order valence-corrected chi connectivity index (χ0v) is 17.4. The third-order valence-corrected chi connectivity index (χ3v) is 4.51. The van der Waals surface area contributed by atoms with Crippen molar-refractivity contribution in [3.05, 3.63) is 59.2 Å². The second kappa shape index (κ2) is 9.93. The van der Waals surface area contributed by atoms with E-state index >= 15 is 0 Å². The maximum Gasteiger partial charge on any atom is 0.262 e. The zero-order valence-electron chi connectivity index (χ0n) is 17.4. The Bertz CT molecular complexity index is 811. The van der Waals surface area contributed by atoms with Gasteiger partial charge in [-0.05, 0) is 54.2 Å². The number of benzene rings is 2. The van der Waals surface area contributed by atoms with Crippen LogP contribution in [0.3, 0.4) is 0 Å². The molecule has 0 saturated heterocycles. The van der Waals surface area contributed by atoms with E-state index in [-0.39, 0.29) is 18.4 Å². The minimum absolute atomic E-state index is 0.0394. The lowest BCUT2D eigenvalue weighted by molar-refractivity contribution is -0.128. The molecule has 0 radical (unpaired) electrons. The molecule has 2 aromatic rings. The Labute approximate surface area is 167 Å². The number of nitrogens with zero attached hydrogens (tertiary/aromatic N) is 1. The molecule has 2 aromatic carbocycles. The van der Waals surface area contributed by atoms with E-state index in [1.165, 1.54) is 0 Å². The predicted octanol–water partition coefficient (Wildman–Crippen LogP) is 4.16. The van der Waals surface area contributed by atoms with Gasteiger partial charge in [-0.2, -0.15) is 0 Å². The molecule has 0 aromatic heterocycles. The first-order chi connectivity index (χ1) is 13.3. The van der Waals surface area contributed by atoms with E-state index in [9.17, 15) is 9.59 Å². The van der Waals surface area contributed by atoms with Crippen molar-refractivity contribution < 1.29 is 14.3 Å². The first-order valence-corrected chi connectivity index (χ1v) is 9.58. The first-order valence-electron chi connectivity index (χ1n) is 9.58. The Kier molecular flexibility index (Phi) is 7.61. The molecular formula is C23H30N2O3. The Morgan fingerprint density at radius 2 is 1.75 bits per heavy atom. The van der Waals surface area contributed by atoms with Crippen molar-refractivity contribution in [2.75, 3.05) is 26.0 Å². The van der Waals surface area contributed by atoms with Gasteiger partial charge in [0.15, 0.2) is 6.61 Å². The fraction of sp³-hybridized carbons (Fsp3) is 0.391. The normalized spacial score (nSPS) is 10.6. The molecule has 0 spiro atoms. The molecule has 0 aliphatic rings. The molecule has 2 rings (SSSR count). The minimum Gasteiger partial charge on any atom is -0.483 e. The van der Waals surface area contributed by atoms with Crippen LogP contribution in [-0.4, -0.2) is 37.4 Å². The average molecular weight is 383 g/mol. The largest absolute Gasteiger partial charge is 0.483 e. The van der Waals surface area contributed by atoms with Gasteiger partial charge in [0.2, 0.25) is 5.91 Å². The van der Waals surface area contributed by atoms with E-state index in [0.29, 0.717) is 24.4 Å². The third-order valence-electron chi connectivity index (χ3n) is 4.51. The zero-order chi connectivity index (χ0) is 20.7. The predicted molar refractivity (Wildman–Crippen MR) is 113 cm³/mol. The highest BCUT2D eigenvalue weighted by molar-refractivity contribution is 5.91. The summed E-state index contributed by atoms with van der Waals surface area (Å²) in [5, 5.41) is 2.85. The molecule has 0 fully saturated rings. The highest BCUT2D eigenvalue weighted by Gasteiger charge is 2.11. The van der Waals surface area contributed by atoms with Crippen LogP contribution in [0, 0.1) is 6.92 Å². The van der Waals surface area contributed by atoms with Crippen LogP contribution in [0.15, 0.2) is 42.5 Å². The van der Waals surface area contributed by atoms with Gasteiger partial charge in [0.25, 0.3) is 5.91 Å². The van der Waals surface area contributed by atoms with Gasteiger partial charge in [0.05, 0.1) is 0 Å². The SMILES string of the molecule is Cc1ccc(C(C)C)c(OCC(=O)Nc2ccc(CCC(=O)N(C)C)cc2)c1. The number of ether oxygens (including phenoxy) is 1. The molecule has 5 nitrogen and oxygen atoms in total. The van der Waals surface area contributed by atoms with Gasteiger partial charge < -0.3 is 15.0 Å². The van der Waals surface area contributed by atoms with Gasteiger partial charge in [0, 0.05) is 26.2 Å². The molecule has 0 aliphatic heterocycles. The van der Waals surface area contributed by atoms with Crippen LogP contribution < -0.4 is 10.1 Å². The molecule has 0 aliphatic carbocycles. The number of anilines is 1. The van der Waals surface area contributed by atoms with E-state index in [1.54, 1.807) is 19.0 Å². The number of rotatable bonds is 8. The van der Waals surface area contributed by atoms with E-state index in [4.69, 9.17) is 4.74 Å². The number of carbonyl (C=O) groups excluding carboxylic acids is 2. The molecule has 0 atom stereocenters. The Morgan fingerprint density at radius 3 is 2.36 bits per heavy atom. The fourth-order valence-electron chi connectivity index (χ4n) is 2.81. The van der Waals surface area contributed by atoms with Gasteiger partial charge in [0.1, 0.15) is 5.75 Å². The number of hydrogen-bond donors (Lipinski definition) is 1. The fourth-order valence-corrected chi connectivity index (χ4v) is 2.81. The van der Waals surface area contributed by atoms with E-state index < -0.39 is 0 Å². The van der Waals surface area contributed by atoms with Crippen molar-refractivity contribution in [1.29, 1.82) is 0 Å². The van der Waals surface area contributed by atoms with Crippen molar-refractivity contribution in [2.24, 2.45) is 0 Å². The number of aryl methyl sites for hydroxylation is 2. The summed E-state index contributed by atoms with van der Waals surface area (Å²) in [6.07, 6.45) is 1.15. The number of nitrogens with one attached hydrogen (secondary N) is 1. The third kappa shape index (κ3) is 6.41. The molecule has 0 saturated carbocycles. The second-order valence-corrected chi connectivity index (χ2v) is 7.52. The van der Waals surface area contributed by atoms with Crippen molar-refractivity contribution in [1.82, 2.24) is 4.90 Å². The number of carbonyl (C=O) groups is 2. The summed E-state index contributed by atoms with van der Waals surface area (Å²) in [6.45, 7) is 6.17. The molecule has 0 bridgehead atoms. The first kappa shape index (κ1) is 21.5. The van der Waals surface area contributed by atoms with Gasteiger partial charge in [-0.15, -0.1) is 0 Å². The number of hydrogen-bond acceptors (Lipinski definition) is 3. The van der Waals surface area contributed by atoms with Crippen LogP contribution in [0.25, 0.3) is 0 Å². The van der Waals surface area contributed by atoms with Gasteiger partial charge in [-0.1, -0.05) is 38.1 Å². The summed E-state index contributed by atoms with van der Waals surface area (Å²) in [5.41, 5.74) is 3.97. The summed E-state index contributed by atoms with van der Waals surface area (Å²) < 4.78 is 5.77. The maximum absolute atomic E-state index is 12.2. The Morgan fingerprint density at radius 1 is 1.07 bits per heavy atom. The summed E-state index contributed by atoms with van der Waals surface area (Å²) in [7, 11) is 3.51. The molecule has 5 heteroatoms. The molecule has 28 heavy (non-hydrogen) atoms.